The van der Waals surface area contributed by atoms with Gasteiger partial charge in [-0.2, -0.15) is 0 Å². The summed E-state index contributed by atoms with van der Waals surface area (Å²) >= 11 is 0. The Morgan fingerprint density at radius 1 is 1.23 bits per heavy atom. The first-order chi connectivity index (χ1) is 10.3. The Balaban J connectivity index is 2.71. The average molecular weight is 305 g/mol. The van der Waals surface area contributed by atoms with Gasteiger partial charge in [-0.15, -0.1) is 0 Å². The van der Waals surface area contributed by atoms with Crippen molar-refractivity contribution in [2.24, 2.45) is 0 Å². The number of rotatable bonds is 6. The summed E-state index contributed by atoms with van der Waals surface area (Å²) in [6.45, 7) is 7.63. The van der Waals surface area contributed by atoms with E-state index in [-0.39, 0.29) is 18.1 Å². The summed E-state index contributed by atoms with van der Waals surface area (Å²) in [4.78, 5) is 23.1. The van der Waals surface area contributed by atoms with Gasteiger partial charge in [0.05, 0.1) is 6.61 Å². The molecule has 0 aliphatic heterocycles. The summed E-state index contributed by atoms with van der Waals surface area (Å²) in [5.74, 6) is -0.0881. The molecular formula is C17H23NO4. The van der Waals surface area contributed by atoms with Crippen LogP contribution in [0.15, 0.2) is 30.3 Å². The number of para-hydroxylation sites is 1. The van der Waals surface area contributed by atoms with E-state index in [1.807, 2.05) is 26.8 Å². The summed E-state index contributed by atoms with van der Waals surface area (Å²) in [6.07, 6.45) is 3.10. The second kappa shape index (κ2) is 8.22. The molecule has 0 aliphatic carbocycles. The van der Waals surface area contributed by atoms with E-state index in [2.05, 4.69) is 5.32 Å². The van der Waals surface area contributed by atoms with Gasteiger partial charge in [0.25, 0.3) is 0 Å². The first kappa shape index (κ1) is 17.8. The highest BCUT2D eigenvalue weighted by molar-refractivity contribution is 5.92. The van der Waals surface area contributed by atoms with Gasteiger partial charge < -0.3 is 14.8 Å². The number of ether oxygens (including phenoxy) is 2. The Hall–Kier alpha value is -2.30. The monoisotopic (exact) mass is 305 g/mol. The molecule has 0 bridgehead atoms. The Bertz CT molecular complexity index is 544. The predicted octanol–water partition coefficient (Wildman–Crippen LogP) is 2.56. The van der Waals surface area contributed by atoms with Gasteiger partial charge in [0.1, 0.15) is 5.75 Å². The van der Waals surface area contributed by atoms with Crippen LogP contribution in [0.5, 0.6) is 5.75 Å². The Morgan fingerprint density at radius 3 is 2.55 bits per heavy atom. The molecule has 1 N–H and O–H groups in total. The number of carbonyl (C=O) groups excluding carboxylic acids is 2. The lowest BCUT2D eigenvalue weighted by Gasteiger charge is -2.19. The second-order valence-electron chi connectivity index (χ2n) is 5.70. The maximum Gasteiger partial charge on any atom is 0.344 e. The zero-order valence-corrected chi connectivity index (χ0v) is 13.5. The molecule has 0 radical (unpaired) electrons. The van der Waals surface area contributed by atoms with E-state index in [1.54, 1.807) is 31.2 Å². The second-order valence-corrected chi connectivity index (χ2v) is 5.70. The largest absolute Gasteiger partial charge is 0.481 e. The summed E-state index contributed by atoms with van der Waals surface area (Å²) in [5.41, 5.74) is 0.428. The number of hydrogen-bond donors (Lipinski definition) is 1. The van der Waals surface area contributed by atoms with Crippen LogP contribution in [-0.4, -0.2) is 30.6 Å². The highest BCUT2D eigenvalue weighted by Crippen LogP contribution is 2.19. The number of benzene rings is 1. The maximum absolute atomic E-state index is 11.8. The Labute approximate surface area is 131 Å². The van der Waals surface area contributed by atoms with Crippen molar-refractivity contribution in [1.29, 1.82) is 0 Å². The molecule has 5 nitrogen and oxygen atoms in total. The van der Waals surface area contributed by atoms with Crippen LogP contribution in [0.3, 0.4) is 0 Å². The van der Waals surface area contributed by atoms with E-state index < -0.39 is 5.97 Å². The van der Waals surface area contributed by atoms with Crippen molar-refractivity contribution < 1.29 is 19.1 Å². The van der Waals surface area contributed by atoms with Gasteiger partial charge in [-0.05, 0) is 39.8 Å². The summed E-state index contributed by atoms with van der Waals surface area (Å²) < 4.78 is 10.2. The van der Waals surface area contributed by atoms with Crippen molar-refractivity contribution in [3.05, 3.63) is 35.9 Å². The first-order valence-electron chi connectivity index (χ1n) is 7.19. The molecule has 120 valence electrons. The van der Waals surface area contributed by atoms with Crippen molar-refractivity contribution in [2.45, 2.75) is 33.2 Å². The van der Waals surface area contributed by atoms with Crippen LogP contribution < -0.4 is 10.1 Å². The van der Waals surface area contributed by atoms with Crippen LogP contribution in [0.2, 0.25) is 0 Å². The normalized spacial score (nSPS) is 11.3. The molecule has 5 heteroatoms. The number of nitrogens with one attached hydrogen (secondary N) is 1. The number of esters is 1. The smallest absolute Gasteiger partial charge is 0.344 e. The molecule has 0 fully saturated rings. The van der Waals surface area contributed by atoms with Crippen LogP contribution in [0, 0.1) is 0 Å². The zero-order valence-electron chi connectivity index (χ0n) is 13.5. The van der Waals surface area contributed by atoms with E-state index in [0.717, 1.165) is 5.56 Å². The zero-order chi connectivity index (χ0) is 16.6. The lowest BCUT2D eigenvalue weighted by Crippen LogP contribution is -2.39. The molecule has 0 saturated heterocycles. The van der Waals surface area contributed by atoms with Crippen molar-refractivity contribution >= 4 is 18.0 Å². The van der Waals surface area contributed by atoms with Crippen LogP contribution in [0.4, 0.5) is 0 Å². The van der Waals surface area contributed by atoms with E-state index in [9.17, 15) is 9.59 Å². The van der Waals surface area contributed by atoms with Gasteiger partial charge in [-0.25, -0.2) is 4.79 Å². The fourth-order valence-electron chi connectivity index (χ4n) is 1.67. The van der Waals surface area contributed by atoms with Crippen molar-refractivity contribution in [2.75, 3.05) is 13.2 Å². The molecule has 0 saturated carbocycles. The van der Waals surface area contributed by atoms with Crippen molar-refractivity contribution in [3.63, 3.8) is 0 Å². The molecule has 22 heavy (non-hydrogen) atoms. The fraction of sp³-hybridized carbons (Fsp3) is 0.412. The van der Waals surface area contributed by atoms with Gasteiger partial charge in [-0.1, -0.05) is 18.2 Å². The average Bonchev–Trinajstić information content (AvgIpc) is 2.42. The third kappa shape index (κ3) is 6.92. The van der Waals surface area contributed by atoms with Gasteiger partial charge in [0.15, 0.2) is 6.61 Å². The molecule has 0 unspecified atom stereocenters. The first-order valence-corrected chi connectivity index (χ1v) is 7.19. The molecule has 0 aromatic heterocycles. The van der Waals surface area contributed by atoms with Crippen LogP contribution in [0.1, 0.15) is 33.3 Å². The van der Waals surface area contributed by atoms with E-state index in [4.69, 9.17) is 9.47 Å². The van der Waals surface area contributed by atoms with Crippen LogP contribution in [0.25, 0.3) is 6.08 Å². The predicted molar refractivity (Wildman–Crippen MR) is 85.5 cm³/mol. The minimum absolute atomic E-state index is 0.160. The Kier molecular flexibility index (Phi) is 6.63. The van der Waals surface area contributed by atoms with Crippen LogP contribution >= 0.6 is 0 Å². The van der Waals surface area contributed by atoms with Gasteiger partial charge >= 0.3 is 5.97 Å². The van der Waals surface area contributed by atoms with Crippen molar-refractivity contribution in [3.8, 4) is 5.75 Å². The topological polar surface area (TPSA) is 64.6 Å². The molecule has 0 heterocycles. The summed E-state index contributed by atoms with van der Waals surface area (Å²) in [6, 6.07) is 7.17. The molecule has 1 amide bonds. The maximum atomic E-state index is 11.8. The third-order valence-electron chi connectivity index (χ3n) is 2.48. The summed E-state index contributed by atoms with van der Waals surface area (Å²) in [7, 11) is 0. The minimum Gasteiger partial charge on any atom is -0.481 e. The van der Waals surface area contributed by atoms with Gasteiger partial charge in [-0.3, -0.25) is 4.79 Å². The van der Waals surface area contributed by atoms with Crippen LogP contribution in [-0.2, 0) is 14.3 Å². The van der Waals surface area contributed by atoms with Gasteiger partial charge in [0, 0.05) is 17.2 Å². The standard InChI is InChI=1S/C17H23NO4/c1-5-21-16(20)12-22-14-9-7-6-8-13(14)10-11-15(19)18-17(2,3)4/h6-11H,5,12H2,1-4H3,(H,18,19)/b11-10+. The minimum atomic E-state index is -0.424. The SMILES string of the molecule is CCOC(=O)COc1ccccc1/C=C/C(=O)NC(C)(C)C. The molecule has 1 aromatic rings. The third-order valence-corrected chi connectivity index (χ3v) is 2.48. The number of hydrogen-bond acceptors (Lipinski definition) is 4. The van der Waals surface area contributed by atoms with Crippen molar-refractivity contribution in [1.82, 2.24) is 5.32 Å². The van der Waals surface area contributed by atoms with Gasteiger partial charge in [0.2, 0.25) is 5.91 Å². The highest BCUT2D eigenvalue weighted by Gasteiger charge is 2.11. The van der Waals surface area contributed by atoms with E-state index >= 15 is 0 Å². The number of amides is 1. The lowest BCUT2D eigenvalue weighted by atomic mass is 10.1. The number of carbonyl (C=O) groups is 2. The highest BCUT2D eigenvalue weighted by atomic mass is 16.6. The molecule has 1 aromatic carbocycles. The van der Waals surface area contributed by atoms with E-state index in [1.165, 1.54) is 6.08 Å². The lowest BCUT2D eigenvalue weighted by molar-refractivity contribution is -0.145. The summed E-state index contributed by atoms with van der Waals surface area (Å²) in [5, 5.41) is 2.84. The molecule has 0 atom stereocenters. The molecular weight excluding hydrogens is 282 g/mol. The molecule has 0 spiro atoms. The quantitative estimate of drug-likeness (QED) is 0.648. The van der Waals surface area contributed by atoms with E-state index in [0.29, 0.717) is 12.4 Å². The fourth-order valence-corrected chi connectivity index (χ4v) is 1.67. The molecule has 0 aliphatic rings. The Morgan fingerprint density at radius 2 is 1.91 bits per heavy atom. The molecule has 1 rings (SSSR count).